The molecule has 1 rings (SSSR count). The van der Waals surface area contributed by atoms with Gasteiger partial charge in [-0.3, -0.25) is 4.79 Å². The van der Waals surface area contributed by atoms with E-state index in [1.54, 1.807) is 0 Å². The van der Waals surface area contributed by atoms with Crippen LogP contribution in [0.3, 0.4) is 0 Å². The summed E-state index contributed by atoms with van der Waals surface area (Å²) < 4.78 is 73.7. The Morgan fingerprint density at radius 2 is 2.83 bits per heavy atom. The maximum atomic E-state index is 10.9. The molecule has 0 amide bonds. The summed E-state index contributed by atoms with van der Waals surface area (Å²) in [6, 6.07) is 0. The lowest BCUT2D eigenvalue weighted by Gasteiger charge is -1.90. The molecule has 0 radical (unpaired) electrons. The van der Waals surface area contributed by atoms with Gasteiger partial charge in [0.2, 0.25) is 0 Å². The number of nitrogens with zero attached hydrogens (tertiary/aromatic N) is 1. The number of carbonyl (C=O) groups excluding carboxylic acids is 1. The van der Waals surface area contributed by atoms with E-state index in [-0.39, 0.29) is 0 Å². The number of carbonyl (C=O) groups is 1. The Labute approximate surface area is 90.2 Å². The minimum atomic E-state index is -3.56. The number of aromatic amines is 1. The molecule has 0 aromatic carbocycles. The second-order valence-electron chi connectivity index (χ2n) is 1.73. The zero-order valence-corrected chi connectivity index (χ0v) is 6.49. The second-order valence-corrected chi connectivity index (χ2v) is 2.09. The van der Waals surface area contributed by atoms with Crippen LogP contribution in [0.25, 0.3) is 0 Å². The minimum absolute atomic E-state index is 0.593. The van der Waals surface area contributed by atoms with Crippen LogP contribution < -0.4 is 0 Å². The van der Waals surface area contributed by atoms with Crippen LogP contribution in [0.4, 0.5) is 0 Å². The number of hydrogen-bond acceptors (Lipinski definition) is 2. The van der Waals surface area contributed by atoms with Crippen LogP contribution in [0, 0.1) is 0 Å². The maximum absolute atomic E-state index is 10.9. The van der Waals surface area contributed by atoms with Crippen molar-refractivity contribution in [2.75, 3.05) is 0 Å². The van der Waals surface area contributed by atoms with E-state index in [0.29, 0.717) is 0 Å². The number of aldehydes is 1. The first kappa shape index (κ1) is 2.58. The Hall–Kier alpha value is -0.830. The molecule has 4 heteroatoms. The average Bonchev–Trinajstić information content (AvgIpc) is 2.69. The summed E-state index contributed by atoms with van der Waals surface area (Å²) in [4.78, 5) is 16.3. The summed E-state index contributed by atoms with van der Waals surface area (Å²) in [5.74, 6) is -0.883. The van der Waals surface area contributed by atoms with Gasteiger partial charge in [-0.05, 0) is 6.37 Å². The molecule has 1 aromatic rings. The normalized spacial score (nSPS) is 27.1. The highest BCUT2D eigenvalue weighted by molar-refractivity contribution is 6.31. The molecular weight excluding hydrogens is 176 g/mol. The number of hydrogen-bond donors (Lipinski definition) is 1. The van der Waals surface area contributed by atoms with Gasteiger partial charge < -0.3 is 4.98 Å². The van der Waals surface area contributed by atoms with Crippen molar-refractivity contribution in [2.45, 2.75) is 26.0 Å². The number of nitrogens with one attached hydrogen (secondary N) is 1. The summed E-state index contributed by atoms with van der Waals surface area (Å²) in [7, 11) is 0. The molecule has 66 valence electrons. The molecule has 1 N–H and O–H groups in total. The lowest BCUT2D eigenvalue weighted by atomic mass is 10.2. The number of rotatable bonds is 4. The van der Waals surface area contributed by atoms with Gasteiger partial charge in [0.1, 0.15) is 12.9 Å². The molecule has 0 atom stereocenters. The monoisotopic (exact) mass is 196 g/mol. The highest BCUT2D eigenvalue weighted by Gasteiger charge is 2.05. The van der Waals surface area contributed by atoms with E-state index in [0.717, 1.165) is 0 Å². The average molecular weight is 197 g/mol. The number of aromatic nitrogens is 2. The second kappa shape index (κ2) is 4.26. The molecule has 0 fully saturated rings. The van der Waals surface area contributed by atoms with Crippen molar-refractivity contribution in [3.05, 3.63) is 16.7 Å². The first-order valence-corrected chi connectivity index (χ1v) is 3.22. The maximum Gasteiger partial charge on any atom is 0.169 e. The summed E-state index contributed by atoms with van der Waals surface area (Å²) in [5, 5.41) is -0.593. The van der Waals surface area contributed by atoms with Crippen LogP contribution in [0.15, 0.2) is 0 Å². The fourth-order valence-electron chi connectivity index (χ4n) is 0.569. The van der Waals surface area contributed by atoms with E-state index in [1.165, 1.54) is 0 Å². The van der Waals surface area contributed by atoms with Crippen molar-refractivity contribution < 1.29 is 18.5 Å². The smallest absolute Gasteiger partial charge is 0.169 e. The van der Waals surface area contributed by atoms with Crippen molar-refractivity contribution in [3.8, 4) is 0 Å². The molecule has 12 heavy (non-hydrogen) atoms. The third kappa shape index (κ3) is 2.08. The Balaban J connectivity index is 3.45. The van der Waals surface area contributed by atoms with Crippen LogP contribution in [-0.2, 0) is 6.37 Å². The highest BCUT2D eigenvalue weighted by Crippen LogP contribution is 2.11. The van der Waals surface area contributed by atoms with Crippen LogP contribution in [0.5, 0.6) is 0 Å². The molecular formula is C8H11ClN2O. The molecule has 3 nitrogen and oxygen atoms in total. The Morgan fingerprint density at radius 3 is 3.42 bits per heavy atom. The van der Waals surface area contributed by atoms with E-state index in [4.69, 9.17) is 25.3 Å². The third-order valence-electron chi connectivity index (χ3n) is 1.01. The van der Waals surface area contributed by atoms with Gasteiger partial charge in [-0.25, -0.2) is 4.98 Å². The zero-order chi connectivity index (χ0) is 17.7. The van der Waals surface area contributed by atoms with E-state index >= 15 is 0 Å². The summed E-state index contributed by atoms with van der Waals surface area (Å²) in [6.45, 7) is -3.45. The molecule has 0 bridgehead atoms. The van der Waals surface area contributed by atoms with E-state index in [2.05, 4.69) is 4.98 Å². The zero-order valence-electron chi connectivity index (χ0n) is 15.7. The van der Waals surface area contributed by atoms with E-state index in [1.807, 2.05) is 4.98 Å². The predicted octanol–water partition coefficient (Wildman–Crippen LogP) is 2.22. The Morgan fingerprint density at radius 1 is 2.00 bits per heavy atom. The van der Waals surface area contributed by atoms with Crippen LogP contribution in [0.2, 0.25) is 5.15 Å². The van der Waals surface area contributed by atoms with Gasteiger partial charge in [0.15, 0.2) is 11.4 Å². The standard InChI is InChI=1S/C8H11ClN2O/c1-2-3-4-7-10-6(5-12)8(9)11-7/h5H,2-4H2,1H3,(H,10,11)/i1D3,2D2,3D2,4D2,5D. The van der Waals surface area contributed by atoms with Crippen LogP contribution in [-0.4, -0.2) is 16.2 Å². The fraction of sp³-hybridized carbons (Fsp3) is 0.500. The number of imidazole rings is 1. The number of H-pyrrole nitrogens is 1. The lowest BCUT2D eigenvalue weighted by Crippen LogP contribution is -1.87. The largest absolute Gasteiger partial charge is 0.339 e. The summed E-state index contributed by atoms with van der Waals surface area (Å²) >= 11 is 5.52. The Kier molecular flexibility index (Phi) is 0.915. The van der Waals surface area contributed by atoms with Crippen molar-refractivity contribution in [3.63, 3.8) is 0 Å². The van der Waals surface area contributed by atoms with Crippen LogP contribution in [0.1, 0.15) is 49.6 Å². The van der Waals surface area contributed by atoms with Gasteiger partial charge in [-0.15, -0.1) is 0 Å². The van der Waals surface area contributed by atoms with Crippen molar-refractivity contribution >= 4 is 17.9 Å². The van der Waals surface area contributed by atoms with Gasteiger partial charge >= 0.3 is 0 Å². The molecule has 0 spiro atoms. The molecule has 1 aromatic heterocycles. The molecule has 0 unspecified atom stereocenters. The quantitative estimate of drug-likeness (QED) is 0.751. The first-order valence-electron chi connectivity index (χ1n) is 7.84. The van der Waals surface area contributed by atoms with Gasteiger partial charge in [-0.2, -0.15) is 0 Å². The molecule has 1 heterocycles. The first-order chi connectivity index (χ1) is 9.57. The topological polar surface area (TPSA) is 45.8 Å². The predicted molar refractivity (Wildman–Crippen MR) is 47.6 cm³/mol. The summed E-state index contributed by atoms with van der Waals surface area (Å²) in [5.41, 5.74) is -0.606. The van der Waals surface area contributed by atoms with Gasteiger partial charge in [0.25, 0.3) is 0 Å². The SMILES string of the molecule is [2H]C(=O)c1[nH]c(C([2H])([2H])C([2H])([2H])C([2H])([2H])C([2H])([2H])[2H])nc1Cl. The van der Waals surface area contributed by atoms with Crippen LogP contribution >= 0.6 is 11.6 Å². The van der Waals surface area contributed by atoms with Crippen molar-refractivity contribution in [1.29, 1.82) is 0 Å². The molecule has 0 aliphatic carbocycles. The molecule has 0 aliphatic heterocycles. The molecule has 0 aliphatic rings. The van der Waals surface area contributed by atoms with Gasteiger partial charge in [-0.1, -0.05) is 24.8 Å². The Bertz CT molecular complexity index is 592. The molecule has 0 saturated carbocycles. The minimum Gasteiger partial charge on any atom is -0.339 e. The fourth-order valence-corrected chi connectivity index (χ4v) is 0.740. The van der Waals surface area contributed by atoms with Crippen molar-refractivity contribution in [1.82, 2.24) is 9.97 Å². The van der Waals surface area contributed by atoms with Crippen molar-refractivity contribution in [2.24, 2.45) is 0 Å². The summed E-state index contributed by atoms with van der Waals surface area (Å²) in [6.07, 6.45) is -11.7. The third-order valence-corrected chi connectivity index (χ3v) is 1.28. The number of halogens is 1. The van der Waals surface area contributed by atoms with E-state index in [9.17, 15) is 4.79 Å². The van der Waals surface area contributed by atoms with Gasteiger partial charge in [0.05, 0.1) is 0 Å². The molecule has 0 saturated heterocycles. The highest BCUT2D eigenvalue weighted by atomic mass is 35.5. The number of aryl methyl sites for hydroxylation is 1. The van der Waals surface area contributed by atoms with E-state index < -0.39 is 48.9 Å². The lowest BCUT2D eigenvalue weighted by molar-refractivity contribution is 0.111. The van der Waals surface area contributed by atoms with Gasteiger partial charge in [0, 0.05) is 18.7 Å².